The van der Waals surface area contributed by atoms with Gasteiger partial charge in [-0.15, -0.1) is 12.4 Å². The lowest BCUT2D eigenvalue weighted by Crippen LogP contribution is -2.20. The average Bonchev–Trinajstić information content (AvgIpc) is 3.16. The molecule has 0 saturated heterocycles. The average molecular weight is 502 g/mol. The van der Waals surface area contributed by atoms with Gasteiger partial charge in [-0.1, -0.05) is 11.6 Å². The van der Waals surface area contributed by atoms with Crippen molar-refractivity contribution in [2.45, 2.75) is 6.18 Å². The molecular weight excluding hydrogens is 489 g/mol. The Hall–Kier alpha value is -3.64. The Labute approximate surface area is 194 Å². The molecule has 0 aliphatic carbocycles. The van der Waals surface area contributed by atoms with Gasteiger partial charge in [0.1, 0.15) is 18.5 Å². The number of halogens is 6. The van der Waals surface area contributed by atoms with Gasteiger partial charge >= 0.3 is 12.2 Å². The van der Waals surface area contributed by atoms with Crippen LogP contribution in [0.25, 0.3) is 16.9 Å². The lowest BCUT2D eigenvalue weighted by atomic mass is 10.2. The maximum absolute atomic E-state index is 14.6. The minimum absolute atomic E-state index is 0. The van der Waals surface area contributed by atoms with Crippen LogP contribution in [0.2, 0.25) is 5.02 Å². The number of amides is 2. The Bertz CT molecular complexity index is 1340. The molecule has 14 heteroatoms. The quantitative estimate of drug-likeness (QED) is 0.331. The van der Waals surface area contributed by atoms with E-state index < -0.39 is 28.6 Å². The Balaban J connectivity index is 0.00000306. The lowest BCUT2D eigenvalue weighted by Gasteiger charge is -2.13. The summed E-state index contributed by atoms with van der Waals surface area (Å²) in [5, 5.41) is 3.94. The molecule has 0 bridgehead atoms. The number of hydrogen-bond acceptors (Lipinski definition) is 5. The number of carbonyl (C=O) groups excluding carboxylic acids is 1. The third kappa shape index (κ3) is 4.91. The van der Waals surface area contributed by atoms with Crippen molar-refractivity contribution in [1.29, 1.82) is 0 Å². The van der Waals surface area contributed by atoms with Crippen LogP contribution in [0.1, 0.15) is 5.56 Å². The molecule has 0 spiro atoms. The molecule has 0 aliphatic heterocycles. The Morgan fingerprint density at radius 1 is 1.06 bits per heavy atom. The van der Waals surface area contributed by atoms with E-state index in [2.05, 4.69) is 25.6 Å². The largest absolute Gasteiger partial charge is 0.417 e. The predicted molar refractivity (Wildman–Crippen MR) is 117 cm³/mol. The Morgan fingerprint density at radius 2 is 1.82 bits per heavy atom. The zero-order chi connectivity index (χ0) is 23.0. The summed E-state index contributed by atoms with van der Waals surface area (Å²) in [5.41, 5.74) is 5.31. The third-order valence-corrected chi connectivity index (χ3v) is 4.70. The fourth-order valence-electron chi connectivity index (χ4n) is 2.90. The Kier molecular flexibility index (Phi) is 6.60. The number of hydrogen-bond donors (Lipinski definition) is 3. The fourth-order valence-corrected chi connectivity index (χ4v) is 3.13. The third-order valence-electron chi connectivity index (χ3n) is 4.37. The van der Waals surface area contributed by atoms with Gasteiger partial charge < -0.3 is 16.4 Å². The van der Waals surface area contributed by atoms with Gasteiger partial charge in [-0.05, 0) is 30.3 Å². The molecule has 0 radical (unpaired) electrons. The first-order valence-corrected chi connectivity index (χ1v) is 9.19. The van der Waals surface area contributed by atoms with Crippen LogP contribution in [-0.2, 0) is 6.18 Å². The zero-order valence-corrected chi connectivity index (χ0v) is 17.8. The number of imidazole rings is 1. The summed E-state index contributed by atoms with van der Waals surface area (Å²) in [7, 11) is 0. The SMILES string of the molecule is Cl.Nc1ncnc2c1ncn2-c1ccc(NC(=O)Nc2ccc(Cl)c(C(F)(F)F)c2)c(F)c1. The molecule has 33 heavy (non-hydrogen) atoms. The van der Waals surface area contributed by atoms with Crippen molar-refractivity contribution in [3.63, 3.8) is 0 Å². The van der Waals surface area contributed by atoms with E-state index in [0.717, 1.165) is 12.1 Å². The van der Waals surface area contributed by atoms with Crippen molar-refractivity contribution in [2.75, 3.05) is 16.4 Å². The second-order valence-electron chi connectivity index (χ2n) is 6.48. The summed E-state index contributed by atoms with van der Waals surface area (Å²) in [6.45, 7) is 0. The number of nitrogens with two attached hydrogens (primary N) is 1. The summed E-state index contributed by atoms with van der Waals surface area (Å²) >= 11 is 5.55. The minimum atomic E-state index is -4.69. The summed E-state index contributed by atoms with van der Waals surface area (Å²) in [6.07, 6.45) is -2.06. The molecule has 0 aliphatic rings. The molecule has 4 aromatic rings. The van der Waals surface area contributed by atoms with Crippen LogP contribution in [0, 0.1) is 5.82 Å². The number of aromatic nitrogens is 4. The highest BCUT2D eigenvalue weighted by atomic mass is 35.5. The van der Waals surface area contributed by atoms with Gasteiger partial charge in [0.2, 0.25) is 0 Å². The molecule has 2 heterocycles. The van der Waals surface area contributed by atoms with Crippen molar-refractivity contribution in [3.8, 4) is 5.69 Å². The molecule has 0 unspecified atom stereocenters. The smallest absolute Gasteiger partial charge is 0.382 e. The van der Waals surface area contributed by atoms with Crippen molar-refractivity contribution in [3.05, 3.63) is 65.5 Å². The van der Waals surface area contributed by atoms with E-state index in [-0.39, 0.29) is 29.6 Å². The van der Waals surface area contributed by atoms with E-state index in [1.807, 2.05) is 0 Å². The van der Waals surface area contributed by atoms with Gasteiger partial charge in [-0.3, -0.25) is 4.57 Å². The first kappa shape index (κ1) is 24.0. The summed E-state index contributed by atoms with van der Waals surface area (Å²) in [6, 6.07) is 5.82. The van der Waals surface area contributed by atoms with Crippen LogP contribution < -0.4 is 16.4 Å². The highest BCUT2D eigenvalue weighted by molar-refractivity contribution is 6.31. The molecule has 0 atom stereocenters. The van der Waals surface area contributed by atoms with Crippen molar-refractivity contribution in [1.82, 2.24) is 19.5 Å². The number of anilines is 3. The molecule has 2 amide bonds. The topological polar surface area (TPSA) is 111 Å². The highest BCUT2D eigenvalue weighted by Gasteiger charge is 2.33. The maximum atomic E-state index is 14.6. The van der Waals surface area contributed by atoms with Gasteiger partial charge in [0.25, 0.3) is 0 Å². The molecule has 0 saturated carbocycles. The number of rotatable bonds is 3. The second kappa shape index (κ2) is 9.08. The van der Waals surface area contributed by atoms with E-state index in [0.29, 0.717) is 22.9 Å². The standard InChI is InChI=1S/C19H12ClF4N7O.ClH/c20-12-3-1-9(5-11(12)19(22,23)24)29-18(32)30-14-4-2-10(6-13(14)21)31-8-28-15-16(25)26-7-27-17(15)31;/h1-8H,(H2,25,26,27)(H2,29,30,32);1H. The summed E-state index contributed by atoms with van der Waals surface area (Å²) in [4.78, 5) is 24.2. The van der Waals surface area contributed by atoms with Gasteiger partial charge in [-0.2, -0.15) is 13.2 Å². The summed E-state index contributed by atoms with van der Waals surface area (Å²) < 4.78 is 54.9. The van der Waals surface area contributed by atoms with E-state index >= 15 is 0 Å². The number of benzene rings is 2. The van der Waals surface area contributed by atoms with Crippen molar-refractivity contribution in [2.24, 2.45) is 0 Å². The number of nitrogen functional groups attached to an aromatic ring is 1. The fraction of sp³-hybridized carbons (Fsp3) is 0.0526. The van der Waals surface area contributed by atoms with Crippen LogP contribution in [0.5, 0.6) is 0 Å². The molecule has 172 valence electrons. The molecule has 0 fully saturated rings. The van der Waals surface area contributed by atoms with Crippen LogP contribution in [0.4, 0.5) is 39.5 Å². The van der Waals surface area contributed by atoms with Crippen LogP contribution in [0.15, 0.2) is 49.1 Å². The summed E-state index contributed by atoms with van der Waals surface area (Å²) in [5.74, 6) is -0.631. The monoisotopic (exact) mass is 501 g/mol. The highest BCUT2D eigenvalue weighted by Crippen LogP contribution is 2.36. The first-order valence-electron chi connectivity index (χ1n) is 8.81. The zero-order valence-electron chi connectivity index (χ0n) is 16.2. The predicted octanol–water partition coefficient (Wildman–Crippen LogP) is 5.27. The maximum Gasteiger partial charge on any atom is 0.417 e. The minimum Gasteiger partial charge on any atom is -0.382 e. The van der Waals surface area contributed by atoms with E-state index in [1.54, 1.807) is 0 Å². The van der Waals surface area contributed by atoms with Gasteiger partial charge in [-0.25, -0.2) is 24.1 Å². The normalized spacial score (nSPS) is 11.2. The number of carbonyl (C=O) groups is 1. The van der Waals surface area contributed by atoms with Gasteiger partial charge in [0, 0.05) is 11.8 Å². The van der Waals surface area contributed by atoms with E-state index in [1.165, 1.54) is 35.4 Å². The van der Waals surface area contributed by atoms with Crippen LogP contribution in [0.3, 0.4) is 0 Å². The van der Waals surface area contributed by atoms with E-state index in [9.17, 15) is 22.4 Å². The molecule has 8 nitrogen and oxygen atoms in total. The number of nitrogens with one attached hydrogen (secondary N) is 2. The number of fused-ring (bicyclic) bond motifs is 1. The van der Waals surface area contributed by atoms with Crippen LogP contribution >= 0.6 is 24.0 Å². The van der Waals surface area contributed by atoms with Crippen LogP contribution in [-0.4, -0.2) is 25.6 Å². The van der Waals surface area contributed by atoms with Gasteiger partial charge in [0.15, 0.2) is 17.0 Å². The molecular formula is C19H13Cl2F4N7O. The van der Waals surface area contributed by atoms with Gasteiger partial charge in [0.05, 0.1) is 22.0 Å². The number of nitrogens with zero attached hydrogens (tertiary/aromatic N) is 4. The molecule has 4 rings (SSSR count). The molecule has 2 aromatic carbocycles. The molecule has 2 aromatic heterocycles. The van der Waals surface area contributed by atoms with E-state index in [4.69, 9.17) is 17.3 Å². The van der Waals surface area contributed by atoms with Crippen molar-refractivity contribution < 1.29 is 22.4 Å². The lowest BCUT2D eigenvalue weighted by molar-refractivity contribution is -0.137. The first-order chi connectivity index (χ1) is 15.1. The number of urea groups is 1. The second-order valence-corrected chi connectivity index (χ2v) is 6.89. The molecule has 4 N–H and O–H groups in total. The Morgan fingerprint density at radius 3 is 2.52 bits per heavy atom. The van der Waals surface area contributed by atoms with Crippen molar-refractivity contribution >= 4 is 58.4 Å². The number of alkyl halides is 3.